The van der Waals surface area contributed by atoms with Crippen molar-refractivity contribution in [1.29, 1.82) is 0 Å². The molecule has 7 heteroatoms. The summed E-state index contributed by atoms with van der Waals surface area (Å²) < 4.78 is 10.5. The SMILES string of the molecule is COC(=O)C1=C(C)NC2=C(C(=O)CC(C)(C)C2)[C@@H]1c1cc(Cl)cc(Cl)c1OC. The van der Waals surface area contributed by atoms with Crippen LogP contribution in [0.25, 0.3) is 0 Å². The monoisotopic (exact) mass is 423 g/mol. The summed E-state index contributed by atoms with van der Waals surface area (Å²) in [6, 6.07) is 3.26. The van der Waals surface area contributed by atoms with Gasteiger partial charge in [0.05, 0.1) is 30.7 Å². The van der Waals surface area contributed by atoms with Gasteiger partial charge in [-0.15, -0.1) is 0 Å². The fraction of sp³-hybridized carbons (Fsp3) is 0.429. The summed E-state index contributed by atoms with van der Waals surface area (Å²) in [4.78, 5) is 25.9. The Kier molecular flexibility index (Phi) is 5.52. The molecule has 150 valence electrons. The number of dihydropyridines is 1. The summed E-state index contributed by atoms with van der Waals surface area (Å²) >= 11 is 12.6. The number of ketones is 1. The number of carbonyl (C=O) groups excluding carboxylic acids is 2. The maximum Gasteiger partial charge on any atom is 0.336 e. The number of benzene rings is 1. The largest absolute Gasteiger partial charge is 0.495 e. The van der Waals surface area contributed by atoms with Crippen molar-refractivity contribution in [2.45, 2.75) is 39.5 Å². The van der Waals surface area contributed by atoms with E-state index in [0.29, 0.717) is 51.0 Å². The molecule has 0 unspecified atom stereocenters. The number of hydrogen-bond donors (Lipinski definition) is 1. The Morgan fingerprint density at radius 2 is 1.89 bits per heavy atom. The zero-order valence-corrected chi connectivity index (χ0v) is 18.0. The minimum atomic E-state index is -0.668. The summed E-state index contributed by atoms with van der Waals surface area (Å²) in [7, 11) is 2.81. The molecule has 1 aromatic rings. The van der Waals surface area contributed by atoms with Gasteiger partial charge in [-0.3, -0.25) is 4.79 Å². The first kappa shape index (κ1) is 20.7. The summed E-state index contributed by atoms with van der Waals surface area (Å²) in [6.45, 7) is 5.90. The van der Waals surface area contributed by atoms with Crippen molar-refractivity contribution in [1.82, 2.24) is 5.32 Å². The molecular weight excluding hydrogens is 401 g/mol. The number of nitrogens with one attached hydrogen (secondary N) is 1. The van der Waals surface area contributed by atoms with Crippen molar-refractivity contribution < 1.29 is 19.1 Å². The molecule has 1 heterocycles. The van der Waals surface area contributed by atoms with Crippen LogP contribution in [0.15, 0.2) is 34.7 Å². The normalized spacial score (nSPS) is 21.2. The molecule has 1 N–H and O–H groups in total. The molecular formula is C21H23Cl2NO4. The van der Waals surface area contributed by atoms with Gasteiger partial charge in [0.2, 0.25) is 0 Å². The smallest absolute Gasteiger partial charge is 0.336 e. The molecule has 1 aromatic carbocycles. The maximum atomic E-state index is 13.2. The quantitative estimate of drug-likeness (QED) is 0.708. The Bertz CT molecular complexity index is 931. The van der Waals surface area contributed by atoms with Gasteiger partial charge in [-0.05, 0) is 30.9 Å². The van der Waals surface area contributed by atoms with Crippen molar-refractivity contribution >= 4 is 35.0 Å². The minimum absolute atomic E-state index is 0.0178. The van der Waals surface area contributed by atoms with E-state index >= 15 is 0 Å². The molecule has 2 aliphatic rings. The van der Waals surface area contributed by atoms with Crippen molar-refractivity contribution in [3.05, 3.63) is 50.3 Å². The highest BCUT2D eigenvalue weighted by Gasteiger charge is 2.44. The van der Waals surface area contributed by atoms with Crippen molar-refractivity contribution in [2.75, 3.05) is 14.2 Å². The molecule has 0 amide bonds. The van der Waals surface area contributed by atoms with Crippen LogP contribution in [0.2, 0.25) is 10.0 Å². The minimum Gasteiger partial charge on any atom is -0.495 e. The first-order valence-electron chi connectivity index (χ1n) is 8.95. The van der Waals surface area contributed by atoms with Gasteiger partial charge in [0.1, 0.15) is 5.75 Å². The molecule has 28 heavy (non-hydrogen) atoms. The van der Waals surface area contributed by atoms with Gasteiger partial charge in [-0.1, -0.05) is 37.0 Å². The number of ether oxygens (including phenoxy) is 2. The van der Waals surface area contributed by atoms with Crippen molar-refractivity contribution in [2.24, 2.45) is 5.41 Å². The molecule has 0 radical (unpaired) electrons. The van der Waals surface area contributed by atoms with Crippen LogP contribution < -0.4 is 10.1 Å². The van der Waals surface area contributed by atoms with Crippen LogP contribution in [0.5, 0.6) is 5.75 Å². The molecule has 0 fully saturated rings. The Morgan fingerprint density at radius 3 is 2.50 bits per heavy atom. The zero-order chi connectivity index (χ0) is 20.8. The summed E-state index contributed by atoms with van der Waals surface area (Å²) in [5, 5.41) is 3.98. The number of allylic oxidation sites excluding steroid dienone is 3. The van der Waals surface area contributed by atoms with Gasteiger partial charge in [0.15, 0.2) is 5.78 Å². The third-order valence-corrected chi connectivity index (χ3v) is 5.70. The molecule has 0 saturated carbocycles. The Morgan fingerprint density at radius 1 is 1.21 bits per heavy atom. The van der Waals surface area contributed by atoms with Gasteiger partial charge < -0.3 is 14.8 Å². The molecule has 0 bridgehead atoms. The predicted octanol–water partition coefficient (Wildman–Crippen LogP) is 4.78. The molecule has 0 aromatic heterocycles. The Balaban J connectivity index is 2.32. The van der Waals surface area contributed by atoms with Crippen LogP contribution in [0.4, 0.5) is 0 Å². The fourth-order valence-electron chi connectivity index (χ4n) is 4.14. The maximum absolute atomic E-state index is 13.2. The van der Waals surface area contributed by atoms with Crippen LogP contribution in [-0.2, 0) is 14.3 Å². The van der Waals surface area contributed by atoms with E-state index in [1.54, 1.807) is 19.1 Å². The molecule has 0 spiro atoms. The number of Topliss-reactive ketones (excluding diaryl/α,β-unsaturated/α-hetero) is 1. The summed E-state index contributed by atoms with van der Waals surface area (Å²) in [5.74, 6) is -0.816. The average molecular weight is 424 g/mol. The standard InChI is InChI=1S/C21H23Cl2NO4/c1-10-16(20(26)28-5)17(12-6-11(22)7-13(23)19(12)27-4)18-14(24-10)8-21(2,3)9-15(18)25/h6-7,17,24H,8-9H2,1-5H3/t17-/m1/s1. The number of hydrogen-bond acceptors (Lipinski definition) is 5. The molecule has 5 nitrogen and oxygen atoms in total. The average Bonchev–Trinajstić information content (AvgIpc) is 2.58. The Labute approximate surface area is 174 Å². The Hall–Kier alpha value is -1.98. The first-order chi connectivity index (χ1) is 13.1. The number of carbonyl (C=O) groups is 2. The molecule has 3 rings (SSSR count). The first-order valence-corrected chi connectivity index (χ1v) is 9.70. The molecule has 1 aliphatic heterocycles. The van der Waals surface area contributed by atoms with Crippen LogP contribution >= 0.6 is 23.2 Å². The van der Waals surface area contributed by atoms with E-state index in [9.17, 15) is 9.59 Å². The van der Waals surface area contributed by atoms with Gasteiger partial charge in [-0.2, -0.15) is 0 Å². The second-order valence-corrected chi connectivity index (χ2v) is 8.78. The van der Waals surface area contributed by atoms with E-state index in [-0.39, 0.29) is 11.2 Å². The predicted molar refractivity (Wildman–Crippen MR) is 109 cm³/mol. The van der Waals surface area contributed by atoms with Crippen LogP contribution in [0.1, 0.15) is 45.1 Å². The molecule has 1 aliphatic carbocycles. The highest BCUT2D eigenvalue weighted by molar-refractivity contribution is 6.35. The number of rotatable bonds is 3. The van der Waals surface area contributed by atoms with Gasteiger partial charge >= 0.3 is 5.97 Å². The van der Waals surface area contributed by atoms with E-state index in [4.69, 9.17) is 32.7 Å². The van der Waals surface area contributed by atoms with Crippen molar-refractivity contribution in [3.8, 4) is 5.75 Å². The lowest BCUT2D eigenvalue weighted by Gasteiger charge is -2.39. The van der Waals surface area contributed by atoms with E-state index in [2.05, 4.69) is 19.2 Å². The topological polar surface area (TPSA) is 64.6 Å². The van der Waals surface area contributed by atoms with E-state index < -0.39 is 11.9 Å². The lowest BCUT2D eigenvalue weighted by Crippen LogP contribution is -2.38. The highest BCUT2D eigenvalue weighted by Crippen LogP contribution is 2.50. The molecule has 0 saturated heterocycles. The fourth-order valence-corrected chi connectivity index (χ4v) is 4.72. The van der Waals surface area contributed by atoms with Crippen molar-refractivity contribution in [3.63, 3.8) is 0 Å². The summed E-state index contributed by atoms with van der Waals surface area (Å²) in [6.07, 6.45) is 1.07. The second-order valence-electron chi connectivity index (χ2n) is 7.93. The number of halogens is 2. The van der Waals surface area contributed by atoms with Crippen LogP contribution in [-0.4, -0.2) is 26.0 Å². The second kappa shape index (κ2) is 7.45. The van der Waals surface area contributed by atoms with E-state index in [0.717, 1.165) is 5.70 Å². The zero-order valence-electron chi connectivity index (χ0n) is 16.5. The van der Waals surface area contributed by atoms with E-state index in [1.165, 1.54) is 14.2 Å². The van der Waals surface area contributed by atoms with Gasteiger partial charge in [0, 0.05) is 34.0 Å². The van der Waals surface area contributed by atoms with Gasteiger partial charge in [-0.25, -0.2) is 4.79 Å². The lowest BCUT2D eigenvalue weighted by molar-refractivity contribution is -0.136. The third-order valence-electron chi connectivity index (χ3n) is 5.20. The number of methoxy groups -OCH3 is 2. The summed E-state index contributed by atoms with van der Waals surface area (Å²) in [5.41, 5.74) is 2.75. The number of esters is 1. The van der Waals surface area contributed by atoms with E-state index in [1.807, 2.05) is 0 Å². The third kappa shape index (κ3) is 3.53. The highest BCUT2D eigenvalue weighted by atomic mass is 35.5. The van der Waals surface area contributed by atoms with Crippen LogP contribution in [0, 0.1) is 5.41 Å². The molecule has 1 atom stereocenters. The van der Waals surface area contributed by atoms with Gasteiger partial charge in [0.25, 0.3) is 0 Å². The lowest BCUT2D eigenvalue weighted by atomic mass is 9.68. The van der Waals surface area contributed by atoms with Crippen LogP contribution in [0.3, 0.4) is 0 Å².